The summed E-state index contributed by atoms with van der Waals surface area (Å²) in [4.78, 5) is 4.37. The second-order valence-electron chi connectivity index (χ2n) is 5.40. The van der Waals surface area contributed by atoms with Gasteiger partial charge in [0.25, 0.3) is 0 Å². The minimum atomic E-state index is 0.455. The Kier molecular flexibility index (Phi) is 4.68. The van der Waals surface area contributed by atoms with Crippen molar-refractivity contribution in [3.8, 4) is 11.5 Å². The van der Waals surface area contributed by atoms with Crippen molar-refractivity contribution in [1.82, 2.24) is 4.98 Å². The third-order valence-corrected chi connectivity index (χ3v) is 4.21. The third kappa shape index (κ3) is 3.57. The van der Waals surface area contributed by atoms with Crippen LogP contribution in [0.15, 0.2) is 48.7 Å². The van der Waals surface area contributed by atoms with Crippen LogP contribution in [0.1, 0.15) is 11.1 Å². The van der Waals surface area contributed by atoms with Gasteiger partial charge in [-0.1, -0.05) is 29.8 Å². The molecule has 0 aliphatic heterocycles. The molecule has 0 radical (unpaired) electrons. The van der Waals surface area contributed by atoms with E-state index in [0.717, 1.165) is 38.6 Å². The number of halogens is 1. The second kappa shape index (κ2) is 6.88. The summed E-state index contributed by atoms with van der Waals surface area (Å²) in [6, 6.07) is 13.7. The molecule has 3 nitrogen and oxygen atoms in total. The van der Waals surface area contributed by atoms with Gasteiger partial charge in [-0.15, -0.1) is 0 Å². The maximum atomic E-state index is 6.16. The average molecular weight is 328 g/mol. The summed E-state index contributed by atoms with van der Waals surface area (Å²) in [5.41, 5.74) is 2.90. The Balaban J connectivity index is 1.61. The number of aryl methyl sites for hydroxylation is 2. The van der Waals surface area contributed by atoms with E-state index in [1.807, 2.05) is 56.3 Å². The number of pyridine rings is 1. The SMILES string of the molecule is Cc1cc(OCCOc2cccc3cccnc23)cc(C)c1Cl. The molecular formula is C19H18ClNO2. The number of fused-ring (bicyclic) bond motifs is 1. The van der Waals surface area contributed by atoms with Gasteiger partial charge in [-0.05, 0) is 49.2 Å². The number of aromatic nitrogens is 1. The van der Waals surface area contributed by atoms with Gasteiger partial charge in [-0.25, -0.2) is 0 Å². The highest BCUT2D eigenvalue weighted by atomic mass is 35.5. The quantitative estimate of drug-likeness (QED) is 0.620. The molecule has 4 heteroatoms. The van der Waals surface area contributed by atoms with Gasteiger partial charge in [0.05, 0.1) is 0 Å². The number of para-hydroxylation sites is 1. The van der Waals surface area contributed by atoms with Crippen LogP contribution >= 0.6 is 11.6 Å². The Morgan fingerprint density at radius 2 is 1.65 bits per heavy atom. The summed E-state index contributed by atoms with van der Waals surface area (Å²) < 4.78 is 11.6. The minimum absolute atomic E-state index is 0.455. The van der Waals surface area contributed by atoms with Gasteiger partial charge in [0.1, 0.15) is 30.2 Å². The van der Waals surface area contributed by atoms with Crippen molar-refractivity contribution in [2.75, 3.05) is 13.2 Å². The maximum absolute atomic E-state index is 6.16. The molecule has 0 N–H and O–H groups in total. The summed E-state index contributed by atoms with van der Waals surface area (Å²) >= 11 is 6.16. The molecule has 0 aliphatic carbocycles. The van der Waals surface area contributed by atoms with Crippen molar-refractivity contribution < 1.29 is 9.47 Å². The number of hydrogen-bond acceptors (Lipinski definition) is 3. The summed E-state index contributed by atoms with van der Waals surface area (Å²) in [6.07, 6.45) is 1.77. The number of hydrogen-bond donors (Lipinski definition) is 0. The van der Waals surface area contributed by atoms with E-state index in [2.05, 4.69) is 4.98 Å². The van der Waals surface area contributed by atoms with Crippen LogP contribution in [0.2, 0.25) is 5.02 Å². The lowest BCUT2D eigenvalue weighted by atomic mass is 10.1. The van der Waals surface area contributed by atoms with Crippen LogP contribution in [-0.2, 0) is 0 Å². The lowest BCUT2D eigenvalue weighted by Crippen LogP contribution is -2.09. The van der Waals surface area contributed by atoms with Crippen molar-refractivity contribution in [2.45, 2.75) is 13.8 Å². The molecule has 1 aromatic heterocycles. The summed E-state index contributed by atoms with van der Waals surface area (Å²) in [5, 5.41) is 1.85. The standard InChI is InChI=1S/C19H18ClNO2/c1-13-11-16(12-14(2)18(13)20)22-9-10-23-17-7-3-5-15-6-4-8-21-19(15)17/h3-8,11-12H,9-10H2,1-2H3. The van der Waals surface area contributed by atoms with E-state index in [-0.39, 0.29) is 0 Å². The first-order chi connectivity index (χ1) is 11.1. The van der Waals surface area contributed by atoms with Crippen LogP contribution in [0, 0.1) is 13.8 Å². The van der Waals surface area contributed by atoms with Gasteiger partial charge < -0.3 is 9.47 Å². The van der Waals surface area contributed by atoms with Crippen molar-refractivity contribution in [3.05, 3.63) is 64.8 Å². The molecule has 23 heavy (non-hydrogen) atoms. The van der Waals surface area contributed by atoms with Crippen LogP contribution in [0.3, 0.4) is 0 Å². The Morgan fingerprint density at radius 3 is 2.43 bits per heavy atom. The van der Waals surface area contributed by atoms with Crippen molar-refractivity contribution >= 4 is 22.5 Å². The lowest BCUT2D eigenvalue weighted by molar-refractivity contribution is 0.218. The summed E-state index contributed by atoms with van der Waals surface area (Å²) in [5.74, 6) is 1.58. The first-order valence-corrected chi connectivity index (χ1v) is 7.89. The third-order valence-electron chi connectivity index (χ3n) is 3.62. The van der Waals surface area contributed by atoms with E-state index < -0.39 is 0 Å². The molecule has 0 unspecified atom stereocenters. The van der Waals surface area contributed by atoms with Gasteiger partial charge >= 0.3 is 0 Å². The predicted molar refractivity (Wildman–Crippen MR) is 93.7 cm³/mol. The molecular weight excluding hydrogens is 310 g/mol. The highest BCUT2D eigenvalue weighted by Crippen LogP contribution is 2.26. The molecule has 0 saturated heterocycles. The Labute approximate surface area is 140 Å². The van der Waals surface area contributed by atoms with Crippen LogP contribution in [-0.4, -0.2) is 18.2 Å². The van der Waals surface area contributed by atoms with Crippen LogP contribution < -0.4 is 9.47 Å². The summed E-state index contributed by atoms with van der Waals surface area (Å²) in [7, 11) is 0. The molecule has 0 atom stereocenters. The van der Waals surface area contributed by atoms with E-state index in [0.29, 0.717) is 13.2 Å². The van der Waals surface area contributed by atoms with E-state index in [1.165, 1.54) is 0 Å². The van der Waals surface area contributed by atoms with Gasteiger partial charge in [0.15, 0.2) is 0 Å². The molecule has 118 valence electrons. The van der Waals surface area contributed by atoms with Gasteiger partial charge in [-0.3, -0.25) is 4.98 Å². The molecule has 0 spiro atoms. The Morgan fingerprint density at radius 1 is 0.957 bits per heavy atom. The van der Waals surface area contributed by atoms with Crippen molar-refractivity contribution in [2.24, 2.45) is 0 Å². The zero-order valence-electron chi connectivity index (χ0n) is 13.2. The van der Waals surface area contributed by atoms with Gasteiger partial charge in [-0.2, -0.15) is 0 Å². The normalized spacial score (nSPS) is 10.7. The fourth-order valence-electron chi connectivity index (χ4n) is 2.49. The van der Waals surface area contributed by atoms with Gasteiger partial charge in [0.2, 0.25) is 0 Å². The van der Waals surface area contributed by atoms with E-state index in [4.69, 9.17) is 21.1 Å². The molecule has 0 saturated carbocycles. The fourth-order valence-corrected chi connectivity index (χ4v) is 2.60. The first kappa shape index (κ1) is 15.6. The first-order valence-electron chi connectivity index (χ1n) is 7.51. The summed E-state index contributed by atoms with van der Waals surface area (Å²) in [6.45, 7) is 4.86. The molecule has 2 aromatic carbocycles. The minimum Gasteiger partial charge on any atom is -0.490 e. The number of ether oxygens (including phenoxy) is 2. The molecule has 3 aromatic rings. The van der Waals surface area contributed by atoms with Crippen molar-refractivity contribution in [3.63, 3.8) is 0 Å². The smallest absolute Gasteiger partial charge is 0.145 e. The average Bonchev–Trinajstić information content (AvgIpc) is 2.56. The Hall–Kier alpha value is -2.26. The lowest BCUT2D eigenvalue weighted by Gasteiger charge is -2.11. The van der Waals surface area contributed by atoms with E-state index >= 15 is 0 Å². The van der Waals surface area contributed by atoms with E-state index in [1.54, 1.807) is 6.20 Å². The Bertz CT molecular complexity index is 804. The highest BCUT2D eigenvalue weighted by Gasteiger charge is 2.05. The molecule has 0 fully saturated rings. The molecule has 0 amide bonds. The number of benzene rings is 2. The topological polar surface area (TPSA) is 31.4 Å². The van der Waals surface area contributed by atoms with Gasteiger partial charge in [0, 0.05) is 16.6 Å². The van der Waals surface area contributed by atoms with Crippen LogP contribution in [0.4, 0.5) is 0 Å². The molecule has 0 bridgehead atoms. The van der Waals surface area contributed by atoms with Crippen LogP contribution in [0.5, 0.6) is 11.5 Å². The largest absolute Gasteiger partial charge is 0.490 e. The number of nitrogens with zero attached hydrogens (tertiary/aromatic N) is 1. The van der Waals surface area contributed by atoms with E-state index in [9.17, 15) is 0 Å². The maximum Gasteiger partial charge on any atom is 0.145 e. The zero-order chi connectivity index (χ0) is 16.2. The second-order valence-corrected chi connectivity index (χ2v) is 5.78. The molecule has 3 rings (SSSR count). The van der Waals surface area contributed by atoms with Crippen LogP contribution in [0.25, 0.3) is 10.9 Å². The highest BCUT2D eigenvalue weighted by molar-refractivity contribution is 6.32. The zero-order valence-corrected chi connectivity index (χ0v) is 13.9. The fraction of sp³-hybridized carbons (Fsp3) is 0.211. The molecule has 1 heterocycles. The predicted octanol–water partition coefficient (Wildman–Crippen LogP) is 4.96. The number of rotatable bonds is 5. The van der Waals surface area contributed by atoms with Crippen molar-refractivity contribution in [1.29, 1.82) is 0 Å². The molecule has 0 aliphatic rings. The monoisotopic (exact) mass is 327 g/mol.